The topological polar surface area (TPSA) is 51.2 Å². The molecule has 0 aromatic carbocycles. The van der Waals surface area contributed by atoms with E-state index in [-0.39, 0.29) is 5.75 Å². The SMILES string of the molecule is CC(C[SH](=O)=O)C(=O)Cl. The molecule has 0 saturated carbocycles. The Labute approximate surface area is 60.0 Å². The summed E-state index contributed by atoms with van der Waals surface area (Å²) in [5.74, 6) is -0.731. The highest BCUT2D eigenvalue weighted by Gasteiger charge is 2.09. The van der Waals surface area contributed by atoms with Gasteiger partial charge in [0.2, 0.25) is 5.24 Å². The second kappa shape index (κ2) is 3.85. The maximum Gasteiger partial charge on any atom is 0.225 e. The summed E-state index contributed by atoms with van der Waals surface area (Å²) in [5.41, 5.74) is 0. The van der Waals surface area contributed by atoms with Crippen LogP contribution in [0.5, 0.6) is 0 Å². The average molecular weight is 171 g/mol. The van der Waals surface area contributed by atoms with Crippen LogP contribution in [0.2, 0.25) is 0 Å². The van der Waals surface area contributed by atoms with Gasteiger partial charge in [-0.2, -0.15) is 0 Å². The molecule has 0 aliphatic heterocycles. The zero-order valence-electron chi connectivity index (χ0n) is 4.83. The van der Waals surface area contributed by atoms with Crippen LogP contribution in [-0.2, 0) is 15.5 Å². The zero-order valence-corrected chi connectivity index (χ0v) is 6.48. The molecular formula is C4H7ClO3S. The van der Waals surface area contributed by atoms with Gasteiger partial charge in [-0.1, -0.05) is 6.92 Å². The number of halogens is 1. The molecule has 0 aromatic heterocycles. The number of rotatable bonds is 3. The lowest BCUT2D eigenvalue weighted by Crippen LogP contribution is -2.09. The number of hydrogen-bond donors (Lipinski definition) is 1. The van der Waals surface area contributed by atoms with Crippen LogP contribution in [0.3, 0.4) is 0 Å². The first kappa shape index (κ1) is 8.91. The molecular weight excluding hydrogens is 164 g/mol. The number of thiol groups is 1. The number of carbonyl (C=O) groups is 1. The Morgan fingerprint density at radius 2 is 2.11 bits per heavy atom. The maximum absolute atomic E-state index is 10.2. The van der Waals surface area contributed by atoms with E-state index < -0.39 is 21.9 Å². The normalized spacial score (nSPS) is 13.7. The minimum atomic E-state index is -2.48. The van der Waals surface area contributed by atoms with E-state index in [0.717, 1.165) is 0 Å². The predicted octanol–water partition coefficient (Wildman–Crippen LogP) is -0.000700. The van der Waals surface area contributed by atoms with E-state index in [2.05, 4.69) is 0 Å². The molecule has 0 radical (unpaired) electrons. The van der Waals surface area contributed by atoms with E-state index >= 15 is 0 Å². The van der Waals surface area contributed by atoms with Crippen molar-refractivity contribution in [1.29, 1.82) is 0 Å². The molecule has 0 aliphatic rings. The van der Waals surface area contributed by atoms with Crippen LogP contribution in [-0.4, -0.2) is 19.4 Å². The molecule has 0 spiro atoms. The van der Waals surface area contributed by atoms with Crippen molar-refractivity contribution in [3.63, 3.8) is 0 Å². The van der Waals surface area contributed by atoms with Crippen molar-refractivity contribution in [1.82, 2.24) is 0 Å². The molecule has 0 bridgehead atoms. The Hall–Kier alpha value is -0.0900. The fourth-order valence-corrected chi connectivity index (χ4v) is 1.09. The van der Waals surface area contributed by atoms with E-state index in [9.17, 15) is 13.2 Å². The second-order valence-corrected chi connectivity index (χ2v) is 3.12. The molecule has 0 amide bonds. The zero-order chi connectivity index (χ0) is 7.44. The van der Waals surface area contributed by atoms with Gasteiger partial charge < -0.3 is 0 Å². The highest BCUT2D eigenvalue weighted by atomic mass is 35.5. The van der Waals surface area contributed by atoms with E-state index in [1.165, 1.54) is 6.92 Å². The first-order chi connectivity index (χ1) is 4.04. The third-order valence-corrected chi connectivity index (χ3v) is 2.03. The standard InChI is InChI=1S/C4H7ClO3S/c1-3(4(5)6)2-9(7)8/h3,9H,2H2,1H3. The molecule has 0 heterocycles. The summed E-state index contributed by atoms with van der Waals surface area (Å²) in [6, 6.07) is 0. The summed E-state index contributed by atoms with van der Waals surface area (Å²) in [6.45, 7) is 1.47. The van der Waals surface area contributed by atoms with Crippen LogP contribution in [0, 0.1) is 5.92 Å². The summed E-state index contributed by atoms with van der Waals surface area (Å²) >= 11 is 4.97. The molecule has 0 aromatic rings. The van der Waals surface area contributed by atoms with Crippen LogP contribution in [0.4, 0.5) is 0 Å². The van der Waals surface area contributed by atoms with Crippen molar-refractivity contribution in [2.45, 2.75) is 6.92 Å². The Bertz CT molecular complexity index is 167. The largest absolute Gasteiger partial charge is 0.281 e. The fourth-order valence-electron chi connectivity index (χ4n) is 0.295. The van der Waals surface area contributed by atoms with Crippen LogP contribution >= 0.6 is 11.6 Å². The van der Waals surface area contributed by atoms with Crippen LogP contribution in [0.15, 0.2) is 0 Å². The van der Waals surface area contributed by atoms with Crippen molar-refractivity contribution in [3.8, 4) is 0 Å². The van der Waals surface area contributed by atoms with Gasteiger partial charge in [-0.3, -0.25) is 4.79 Å². The van der Waals surface area contributed by atoms with Gasteiger partial charge in [0.25, 0.3) is 0 Å². The number of hydrogen-bond acceptors (Lipinski definition) is 3. The molecule has 3 nitrogen and oxygen atoms in total. The Kier molecular flexibility index (Phi) is 3.81. The molecule has 0 N–H and O–H groups in total. The summed E-state index contributed by atoms with van der Waals surface area (Å²) < 4.78 is 19.9. The Morgan fingerprint density at radius 1 is 1.67 bits per heavy atom. The molecule has 0 saturated heterocycles. The quantitative estimate of drug-likeness (QED) is 0.479. The summed E-state index contributed by atoms with van der Waals surface area (Å²) in [7, 11) is -2.48. The summed E-state index contributed by atoms with van der Waals surface area (Å²) in [5, 5.41) is -0.603. The lowest BCUT2D eigenvalue weighted by molar-refractivity contribution is -0.114. The first-order valence-electron chi connectivity index (χ1n) is 2.35. The molecule has 9 heavy (non-hydrogen) atoms. The Balaban J connectivity index is 3.77. The minimum Gasteiger partial charge on any atom is -0.281 e. The third-order valence-electron chi connectivity index (χ3n) is 0.810. The van der Waals surface area contributed by atoms with Crippen LogP contribution in [0.1, 0.15) is 6.92 Å². The average Bonchev–Trinajstić information content (AvgIpc) is 1.63. The second-order valence-electron chi connectivity index (χ2n) is 1.72. The van der Waals surface area contributed by atoms with Crippen molar-refractivity contribution in [2.24, 2.45) is 5.92 Å². The summed E-state index contributed by atoms with van der Waals surface area (Å²) in [4.78, 5) is 10.2. The Morgan fingerprint density at radius 3 is 2.22 bits per heavy atom. The van der Waals surface area contributed by atoms with Crippen molar-refractivity contribution in [2.75, 3.05) is 5.75 Å². The molecule has 0 rings (SSSR count). The van der Waals surface area contributed by atoms with Crippen molar-refractivity contribution < 1.29 is 13.2 Å². The van der Waals surface area contributed by atoms with Gasteiger partial charge in [-0.15, -0.1) is 0 Å². The van der Waals surface area contributed by atoms with E-state index in [0.29, 0.717) is 0 Å². The molecule has 5 heteroatoms. The molecule has 54 valence electrons. The molecule has 1 atom stereocenters. The highest BCUT2D eigenvalue weighted by molar-refractivity contribution is 7.72. The highest BCUT2D eigenvalue weighted by Crippen LogP contribution is 1.99. The first-order valence-corrected chi connectivity index (χ1v) is 4.09. The minimum absolute atomic E-state index is 0.155. The van der Waals surface area contributed by atoms with Gasteiger partial charge in [0, 0.05) is 5.92 Å². The number of carbonyl (C=O) groups excluding carboxylic acids is 1. The summed E-state index contributed by atoms with van der Waals surface area (Å²) in [6.07, 6.45) is 0. The van der Waals surface area contributed by atoms with Gasteiger partial charge in [0.1, 0.15) is 10.7 Å². The predicted molar refractivity (Wildman–Crippen MR) is 35.2 cm³/mol. The van der Waals surface area contributed by atoms with Gasteiger partial charge in [0.05, 0.1) is 5.75 Å². The van der Waals surface area contributed by atoms with Gasteiger partial charge in [-0.25, -0.2) is 8.42 Å². The van der Waals surface area contributed by atoms with Gasteiger partial charge in [0.15, 0.2) is 0 Å². The lowest BCUT2D eigenvalue weighted by Gasteiger charge is -1.95. The van der Waals surface area contributed by atoms with Crippen LogP contribution < -0.4 is 0 Å². The van der Waals surface area contributed by atoms with E-state index in [1.54, 1.807) is 0 Å². The third kappa shape index (κ3) is 4.42. The van der Waals surface area contributed by atoms with Crippen molar-refractivity contribution in [3.05, 3.63) is 0 Å². The fraction of sp³-hybridized carbons (Fsp3) is 0.750. The smallest absolute Gasteiger partial charge is 0.225 e. The van der Waals surface area contributed by atoms with Gasteiger partial charge >= 0.3 is 0 Å². The monoisotopic (exact) mass is 170 g/mol. The van der Waals surface area contributed by atoms with E-state index in [1.807, 2.05) is 0 Å². The molecule has 0 fully saturated rings. The molecule has 1 unspecified atom stereocenters. The maximum atomic E-state index is 10.2. The lowest BCUT2D eigenvalue weighted by atomic mass is 10.3. The van der Waals surface area contributed by atoms with Crippen molar-refractivity contribution >= 4 is 27.5 Å². The van der Waals surface area contributed by atoms with Gasteiger partial charge in [-0.05, 0) is 11.6 Å². The van der Waals surface area contributed by atoms with Crippen LogP contribution in [0.25, 0.3) is 0 Å². The molecule has 0 aliphatic carbocycles. The van der Waals surface area contributed by atoms with E-state index in [4.69, 9.17) is 11.6 Å².